The summed E-state index contributed by atoms with van der Waals surface area (Å²) in [6, 6.07) is 0. The van der Waals surface area contributed by atoms with Gasteiger partial charge in [-0.2, -0.15) is 17.6 Å². The lowest BCUT2D eigenvalue weighted by Crippen LogP contribution is -2.48. The lowest BCUT2D eigenvalue weighted by Gasteiger charge is -2.33. The molecule has 0 N–H and O–H groups in total. The maximum atomic E-state index is 14.5. The highest BCUT2D eigenvalue weighted by molar-refractivity contribution is 5.75. The van der Waals surface area contributed by atoms with Gasteiger partial charge in [-0.15, -0.1) is 0 Å². The van der Waals surface area contributed by atoms with Crippen LogP contribution in [0.5, 0.6) is 0 Å². The summed E-state index contributed by atoms with van der Waals surface area (Å²) in [6.07, 6.45) is 6.15. The van der Waals surface area contributed by atoms with E-state index in [2.05, 4.69) is 0 Å². The van der Waals surface area contributed by atoms with Crippen LogP contribution < -0.4 is 0 Å². The zero-order chi connectivity index (χ0) is 22.1. The zero-order valence-electron chi connectivity index (χ0n) is 17.3. The second kappa shape index (κ2) is 8.71. The minimum atomic E-state index is -4.80. The van der Waals surface area contributed by atoms with Gasteiger partial charge in [0, 0.05) is 0 Å². The molecule has 0 aromatic carbocycles. The van der Waals surface area contributed by atoms with E-state index in [1.807, 2.05) is 13.8 Å². The van der Waals surface area contributed by atoms with Crippen molar-refractivity contribution in [2.45, 2.75) is 77.1 Å². The summed E-state index contributed by atoms with van der Waals surface area (Å²) in [5, 5.41) is 0. The fourth-order valence-electron chi connectivity index (χ4n) is 4.24. The number of allylic oxidation sites excluding steroid dienone is 4. The first-order valence-electron chi connectivity index (χ1n) is 10.6. The molecule has 0 spiro atoms. The second-order valence-corrected chi connectivity index (χ2v) is 8.97. The molecule has 0 saturated heterocycles. The van der Waals surface area contributed by atoms with Crippen LogP contribution in [0.25, 0.3) is 0 Å². The maximum Gasteiger partial charge on any atom is 0.374 e. The molecule has 8 heteroatoms. The minimum Gasteiger partial charge on any atom is -0.424 e. The van der Waals surface area contributed by atoms with Crippen molar-refractivity contribution in [1.29, 1.82) is 0 Å². The monoisotopic (exact) mass is 432 g/mol. The van der Waals surface area contributed by atoms with E-state index in [-0.39, 0.29) is 0 Å². The van der Waals surface area contributed by atoms with Crippen molar-refractivity contribution in [3.8, 4) is 0 Å². The third-order valence-electron chi connectivity index (χ3n) is 6.52. The molecule has 0 aromatic heterocycles. The quantitative estimate of drug-likeness (QED) is 0.418. The van der Waals surface area contributed by atoms with Gasteiger partial charge < -0.3 is 9.47 Å². The molecule has 3 rings (SSSR count). The standard InChI is InChI=1S/C22H28F4O4/c1-13-3-7-15(8-4-13)19(27)29-17-11-12-18(22(25,26)21(17,23)24)30-20(28)16-9-5-14(2)6-10-16/h11-16H,3-10H2,1-2H3. The molecule has 168 valence electrons. The number of rotatable bonds is 4. The van der Waals surface area contributed by atoms with Gasteiger partial charge in [-0.25, -0.2) is 0 Å². The normalized spacial score (nSPS) is 33.1. The molecule has 0 aliphatic heterocycles. The van der Waals surface area contributed by atoms with Crippen LogP contribution in [0.15, 0.2) is 23.7 Å². The van der Waals surface area contributed by atoms with E-state index in [4.69, 9.17) is 9.47 Å². The second-order valence-electron chi connectivity index (χ2n) is 8.97. The van der Waals surface area contributed by atoms with Crippen molar-refractivity contribution in [2.75, 3.05) is 0 Å². The number of carbonyl (C=O) groups is 2. The van der Waals surface area contributed by atoms with Crippen molar-refractivity contribution in [3.63, 3.8) is 0 Å². The molecule has 30 heavy (non-hydrogen) atoms. The molecule has 0 bridgehead atoms. The van der Waals surface area contributed by atoms with Crippen LogP contribution in [0, 0.1) is 23.7 Å². The summed E-state index contributed by atoms with van der Waals surface area (Å²) in [6.45, 7) is 4.06. The smallest absolute Gasteiger partial charge is 0.374 e. The van der Waals surface area contributed by atoms with Gasteiger partial charge >= 0.3 is 23.8 Å². The van der Waals surface area contributed by atoms with E-state index in [0.717, 1.165) is 25.7 Å². The van der Waals surface area contributed by atoms with Gasteiger partial charge in [0.25, 0.3) is 0 Å². The van der Waals surface area contributed by atoms with E-state index in [1.165, 1.54) is 0 Å². The summed E-state index contributed by atoms with van der Waals surface area (Å²) < 4.78 is 67.4. The summed E-state index contributed by atoms with van der Waals surface area (Å²) in [5.41, 5.74) is 0. The number of ether oxygens (including phenoxy) is 2. The Kier molecular flexibility index (Phi) is 6.63. The van der Waals surface area contributed by atoms with Gasteiger partial charge in [-0.05, 0) is 75.4 Å². The maximum absolute atomic E-state index is 14.5. The predicted octanol–water partition coefficient (Wildman–Crippen LogP) is 5.78. The van der Waals surface area contributed by atoms with Crippen molar-refractivity contribution in [1.82, 2.24) is 0 Å². The van der Waals surface area contributed by atoms with Gasteiger partial charge in [0.2, 0.25) is 0 Å². The predicted molar refractivity (Wildman–Crippen MR) is 100 cm³/mol. The number of alkyl halides is 4. The Labute approximate surface area is 173 Å². The first-order chi connectivity index (χ1) is 14.0. The number of esters is 2. The SMILES string of the molecule is CC1CCC(C(=O)OC2=CC=C(OC(=O)C3CCC(C)CC3)C(F)(F)C2(F)F)CC1. The molecule has 3 aliphatic carbocycles. The average Bonchev–Trinajstić information content (AvgIpc) is 2.69. The Bertz CT molecular complexity index is 665. The van der Waals surface area contributed by atoms with Crippen LogP contribution in [0.2, 0.25) is 0 Å². The molecular weight excluding hydrogens is 404 g/mol. The van der Waals surface area contributed by atoms with Crippen LogP contribution >= 0.6 is 0 Å². The fraction of sp³-hybridized carbons (Fsp3) is 0.727. The lowest BCUT2D eigenvalue weighted by molar-refractivity contribution is -0.209. The van der Waals surface area contributed by atoms with E-state index in [9.17, 15) is 27.2 Å². The molecule has 2 saturated carbocycles. The molecule has 4 nitrogen and oxygen atoms in total. The van der Waals surface area contributed by atoms with Crippen LogP contribution in [0.4, 0.5) is 17.6 Å². The first-order valence-corrected chi connectivity index (χ1v) is 10.6. The topological polar surface area (TPSA) is 52.6 Å². The lowest BCUT2D eigenvalue weighted by atomic mass is 9.83. The molecule has 0 amide bonds. The van der Waals surface area contributed by atoms with Crippen molar-refractivity contribution in [3.05, 3.63) is 23.7 Å². The minimum absolute atomic E-state index is 0.432. The largest absolute Gasteiger partial charge is 0.424 e. The molecular formula is C22H28F4O4. The number of halogens is 4. The highest BCUT2D eigenvalue weighted by Crippen LogP contribution is 2.48. The van der Waals surface area contributed by atoms with Crippen molar-refractivity contribution in [2.24, 2.45) is 23.7 Å². The van der Waals surface area contributed by atoms with E-state index < -0.39 is 47.1 Å². The summed E-state index contributed by atoms with van der Waals surface area (Å²) in [7, 11) is 0. The van der Waals surface area contributed by atoms with E-state index >= 15 is 0 Å². The molecule has 0 radical (unpaired) electrons. The van der Waals surface area contributed by atoms with Crippen LogP contribution in [-0.4, -0.2) is 23.8 Å². The van der Waals surface area contributed by atoms with Gasteiger partial charge in [0.1, 0.15) is 0 Å². The molecule has 3 aliphatic rings. The molecule has 0 unspecified atom stereocenters. The van der Waals surface area contributed by atoms with Gasteiger partial charge in [0.05, 0.1) is 11.8 Å². The Morgan fingerprint density at radius 1 is 0.700 bits per heavy atom. The Morgan fingerprint density at radius 3 is 1.30 bits per heavy atom. The molecule has 0 aromatic rings. The van der Waals surface area contributed by atoms with Crippen molar-refractivity contribution < 1.29 is 36.6 Å². The highest BCUT2D eigenvalue weighted by atomic mass is 19.3. The van der Waals surface area contributed by atoms with E-state index in [1.54, 1.807) is 0 Å². The summed E-state index contributed by atoms with van der Waals surface area (Å²) in [4.78, 5) is 24.4. The van der Waals surface area contributed by atoms with Crippen molar-refractivity contribution >= 4 is 11.9 Å². The van der Waals surface area contributed by atoms with Crippen LogP contribution in [0.3, 0.4) is 0 Å². The third-order valence-corrected chi connectivity index (χ3v) is 6.52. The average molecular weight is 432 g/mol. The number of hydrogen-bond donors (Lipinski definition) is 0. The molecule has 2 fully saturated rings. The first kappa shape index (κ1) is 22.8. The summed E-state index contributed by atoms with van der Waals surface area (Å²) in [5.74, 6) is -14.6. The zero-order valence-corrected chi connectivity index (χ0v) is 17.3. The van der Waals surface area contributed by atoms with Gasteiger partial charge in [-0.3, -0.25) is 9.59 Å². The molecule has 0 atom stereocenters. The van der Waals surface area contributed by atoms with E-state index in [0.29, 0.717) is 49.7 Å². The third kappa shape index (κ3) is 4.57. The fourth-order valence-corrected chi connectivity index (χ4v) is 4.24. The Balaban J connectivity index is 1.70. The van der Waals surface area contributed by atoms with Crippen LogP contribution in [0.1, 0.15) is 65.2 Å². The molecule has 0 heterocycles. The van der Waals surface area contributed by atoms with Gasteiger partial charge in [-0.1, -0.05) is 13.8 Å². The Morgan fingerprint density at radius 2 is 1.00 bits per heavy atom. The van der Waals surface area contributed by atoms with Crippen LogP contribution in [-0.2, 0) is 19.1 Å². The van der Waals surface area contributed by atoms with Gasteiger partial charge in [0.15, 0.2) is 11.5 Å². The summed E-state index contributed by atoms with van der Waals surface area (Å²) >= 11 is 0. The number of carbonyl (C=O) groups excluding carboxylic acids is 2. The highest BCUT2D eigenvalue weighted by Gasteiger charge is 2.66. The number of hydrogen-bond acceptors (Lipinski definition) is 4. The Hall–Kier alpha value is -1.86.